The number of aromatic nitrogens is 2. The first kappa shape index (κ1) is 23.4. The van der Waals surface area contributed by atoms with Crippen molar-refractivity contribution in [3.05, 3.63) is 62.0 Å². The van der Waals surface area contributed by atoms with Crippen molar-refractivity contribution in [3.8, 4) is 0 Å². The van der Waals surface area contributed by atoms with Gasteiger partial charge in [-0.25, -0.2) is 14.2 Å². The van der Waals surface area contributed by atoms with E-state index in [2.05, 4.69) is 26.2 Å². The first-order valence-corrected chi connectivity index (χ1v) is 11.3. The van der Waals surface area contributed by atoms with Crippen molar-refractivity contribution in [2.24, 2.45) is 0 Å². The average molecular weight is 494 g/mol. The Hall–Kier alpha value is -2.22. The smallest absolute Gasteiger partial charge is 0.407 e. The molecule has 1 aromatic carbocycles. The van der Waals surface area contributed by atoms with Crippen molar-refractivity contribution in [1.82, 2.24) is 14.9 Å². The number of ether oxygens (including phenoxy) is 1. The number of fused-ring (bicyclic) bond motifs is 1. The van der Waals surface area contributed by atoms with E-state index in [4.69, 9.17) is 4.74 Å². The Morgan fingerprint density at radius 2 is 2.10 bits per heavy atom. The molecule has 0 unspecified atom stereocenters. The van der Waals surface area contributed by atoms with Crippen LogP contribution in [0.3, 0.4) is 0 Å². The highest BCUT2D eigenvalue weighted by atomic mass is 79.9. The SMILES string of the molecule is CC(C)n1cnc2c(c1=O)[C@@H](Cc1cccc(Br)c1F)[C@@H](NC(=O)OC(C)(C)C)CC2. The fraction of sp³-hybridized carbons (Fsp3) is 0.522. The maximum absolute atomic E-state index is 14.8. The lowest BCUT2D eigenvalue weighted by Gasteiger charge is -2.34. The number of hydrogen-bond donors (Lipinski definition) is 1. The van der Waals surface area contributed by atoms with Crippen LogP contribution < -0.4 is 10.9 Å². The highest BCUT2D eigenvalue weighted by Crippen LogP contribution is 2.33. The van der Waals surface area contributed by atoms with Gasteiger partial charge in [-0.1, -0.05) is 12.1 Å². The van der Waals surface area contributed by atoms with Crippen molar-refractivity contribution < 1.29 is 13.9 Å². The molecule has 31 heavy (non-hydrogen) atoms. The number of carbonyl (C=O) groups excluding carboxylic acids is 1. The van der Waals surface area contributed by atoms with Crippen LogP contribution in [0.5, 0.6) is 0 Å². The summed E-state index contributed by atoms with van der Waals surface area (Å²) in [5.41, 5.74) is 0.945. The van der Waals surface area contributed by atoms with Crippen LogP contribution in [-0.2, 0) is 17.6 Å². The Bertz CT molecular complexity index is 1030. The lowest BCUT2D eigenvalue weighted by molar-refractivity contribution is 0.0490. The van der Waals surface area contributed by atoms with Crippen molar-refractivity contribution in [2.45, 2.75) is 77.5 Å². The number of hydrogen-bond acceptors (Lipinski definition) is 4. The number of carbonyl (C=O) groups is 1. The fourth-order valence-electron chi connectivity index (χ4n) is 3.97. The van der Waals surface area contributed by atoms with Gasteiger partial charge in [0.25, 0.3) is 5.56 Å². The van der Waals surface area contributed by atoms with Crippen molar-refractivity contribution in [1.29, 1.82) is 0 Å². The summed E-state index contributed by atoms with van der Waals surface area (Å²) < 4.78 is 22.2. The molecule has 1 aromatic heterocycles. The van der Waals surface area contributed by atoms with Crippen LogP contribution in [-0.4, -0.2) is 27.3 Å². The number of amides is 1. The van der Waals surface area contributed by atoms with E-state index in [0.717, 1.165) is 0 Å². The number of aryl methyl sites for hydroxylation is 1. The molecule has 0 spiro atoms. The summed E-state index contributed by atoms with van der Waals surface area (Å²) in [6, 6.07) is 4.66. The summed E-state index contributed by atoms with van der Waals surface area (Å²) in [6.45, 7) is 9.21. The number of alkyl carbamates (subject to hydrolysis) is 1. The van der Waals surface area contributed by atoms with Gasteiger partial charge in [0.05, 0.1) is 16.5 Å². The molecule has 1 aliphatic carbocycles. The van der Waals surface area contributed by atoms with E-state index in [1.807, 2.05) is 13.8 Å². The molecule has 8 heteroatoms. The molecule has 0 saturated carbocycles. The number of nitrogens with one attached hydrogen (secondary N) is 1. The standard InChI is InChI=1S/C23H29BrFN3O3/c1-13(2)28-12-26-18-10-9-17(27-22(30)31-23(3,4)5)15(19(18)21(28)29)11-14-7-6-8-16(24)20(14)25/h6-8,12-13,15,17H,9-11H2,1-5H3,(H,27,30)/t15-,17-/m0/s1. The molecule has 1 N–H and O–H groups in total. The first-order chi connectivity index (χ1) is 14.5. The Labute approximate surface area is 190 Å². The molecular weight excluding hydrogens is 465 g/mol. The normalized spacial score (nSPS) is 18.6. The zero-order valence-electron chi connectivity index (χ0n) is 18.5. The Morgan fingerprint density at radius 1 is 1.39 bits per heavy atom. The third-order valence-electron chi connectivity index (χ3n) is 5.39. The van der Waals surface area contributed by atoms with E-state index in [0.29, 0.717) is 34.1 Å². The topological polar surface area (TPSA) is 73.2 Å². The maximum atomic E-state index is 14.8. The third kappa shape index (κ3) is 5.34. The molecular formula is C23H29BrFN3O3. The summed E-state index contributed by atoms with van der Waals surface area (Å²) in [5, 5.41) is 2.93. The van der Waals surface area contributed by atoms with E-state index < -0.39 is 17.6 Å². The van der Waals surface area contributed by atoms with Gasteiger partial charge in [0.1, 0.15) is 11.4 Å². The number of halogens is 2. The van der Waals surface area contributed by atoms with Gasteiger partial charge in [-0.15, -0.1) is 0 Å². The number of nitrogens with zero attached hydrogens (tertiary/aromatic N) is 2. The molecule has 3 rings (SSSR count). The molecule has 2 atom stereocenters. The van der Waals surface area contributed by atoms with Crippen LogP contribution in [0, 0.1) is 5.82 Å². The maximum Gasteiger partial charge on any atom is 0.407 e. The average Bonchev–Trinajstić information content (AvgIpc) is 2.65. The minimum absolute atomic E-state index is 0.0623. The number of rotatable bonds is 4. The van der Waals surface area contributed by atoms with E-state index in [9.17, 15) is 14.0 Å². The predicted octanol–water partition coefficient (Wildman–Crippen LogP) is 4.89. The fourth-order valence-corrected chi connectivity index (χ4v) is 4.38. The van der Waals surface area contributed by atoms with Gasteiger partial charge in [-0.3, -0.25) is 9.36 Å². The summed E-state index contributed by atoms with van der Waals surface area (Å²) >= 11 is 3.23. The van der Waals surface area contributed by atoms with Gasteiger partial charge in [-0.2, -0.15) is 0 Å². The van der Waals surface area contributed by atoms with Crippen LogP contribution in [0.15, 0.2) is 33.8 Å². The van der Waals surface area contributed by atoms with Gasteiger partial charge in [0.2, 0.25) is 0 Å². The highest BCUT2D eigenvalue weighted by Gasteiger charge is 2.36. The Balaban J connectivity index is 2.04. The highest BCUT2D eigenvalue weighted by molar-refractivity contribution is 9.10. The van der Waals surface area contributed by atoms with Gasteiger partial charge < -0.3 is 10.1 Å². The number of benzene rings is 1. The lowest BCUT2D eigenvalue weighted by Crippen LogP contribution is -2.47. The summed E-state index contributed by atoms with van der Waals surface area (Å²) in [6.07, 6.45) is 2.43. The van der Waals surface area contributed by atoms with E-state index >= 15 is 0 Å². The molecule has 0 radical (unpaired) electrons. The van der Waals surface area contributed by atoms with Crippen LogP contribution in [0.1, 0.15) is 69.8 Å². The van der Waals surface area contributed by atoms with E-state index in [1.165, 1.54) is 0 Å². The van der Waals surface area contributed by atoms with Gasteiger partial charge in [-0.05, 0) is 81.4 Å². The quantitative estimate of drug-likeness (QED) is 0.657. The zero-order valence-corrected chi connectivity index (χ0v) is 20.1. The molecule has 1 aliphatic rings. The Kier molecular flexibility index (Phi) is 6.88. The molecule has 6 nitrogen and oxygen atoms in total. The van der Waals surface area contributed by atoms with Gasteiger partial charge in [0.15, 0.2) is 0 Å². The summed E-state index contributed by atoms with van der Waals surface area (Å²) in [7, 11) is 0. The van der Waals surface area contributed by atoms with Crippen LogP contribution in [0.4, 0.5) is 9.18 Å². The zero-order chi connectivity index (χ0) is 22.9. The minimum atomic E-state index is -0.644. The van der Waals surface area contributed by atoms with Crippen LogP contribution in [0.2, 0.25) is 0 Å². The van der Waals surface area contributed by atoms with Gasteiger partial charge in [0, 0.05) is 23.6 Å². The first-order valence-electron chi connectivity index (χ1n) is 10.5. The molecule has 0 fully saturated rings. The van der Waals surface area contributed by atoms with Gasteiger partial charge >= 0.3 is 6.09 Å². The van der Waals surface area contributed by atoms with Crippen molar-refractivity contribution >= 4 is 22.0 Å². The Morgan fingerprint density at radius 3 is 2.74 bits per heavy atom. The second kappa shape index (κ2) is 9.10. The molecule has 2 aromatic rings. The van der Waals surface area contributed by atoms with E-state index in [1.54, 1.807) is 49.9 Å². The molecule has 0 saturated heterocycles. The summed E-state index contributed by atoms with van der Waals surface area (Å²) in [4.78, 5) is 30.4. The van der Waals surface area contributed by atoms with Crippen LogP contribution >= 0.6 is 15.9 Å². The second-order valence-electron chi connectivity index (χ2n) is 9.23. The largest absolute Gasteiger partial charge is 0.444 e. The van der Waals surface area contributed by atoms with Crippen molar-refractivity contribution in [2.75, 3.05) is 0 Å². The molecule has 168 valence electrons. The second-order valence-corrected chi connectivity index (χ2v) is 10.1. The minimum Gasteiger partial charge on any atom is -0.444 e. The molecule has 0 bridgehead atoms. The third-order valence-corrected chi connectivity index (χ3v) is 6.00. The molecule has 0 aliphatic heterocycles. The lowest BCUT2D eigenvalue weighted by atomic mass is 9.78. The van der Waals surface area contributed by atoms with Crippen LogP contribution in [0.25, 0.3) is 0 Å². The molecule has 1 heterocycles. The molecule has 1 amide bonds. The van der Waals surface area contributed by atoms with E-state index in [-0.39, 0.29) is 29.9 Å². The van der Waals surface area contributed by atoms with Crippen molar-refractivity contribution in [3.63, 3.8) is 0 Å². The summed E-state index contributed by atoms with van der Waals surface area (Å²) in [5.74, 6) is -0.787. The predicted molar refractivity (Wildman–Crippen MR) is 121 cm³/mol. The monoisotopic (exact) mass is 493 g/mol.